The monoisotopic (exact) mass is 544 g/mol. The number of aromatic nitrogens is 3. The molecule has 0 fully saturated rings. The van der Waals surface area contributed by atoms with E-state index in [0.717, 1.165) is 5.69 Å². The minimum absolute atomic E-state index is 0.0840. The van der Waals surface area contributed by atoms with E-state index in [-0.39, 0.29) is 12.0 Å². The van der Waals surface area contributed by atoms with Crippen molar-refractivity contribution >= 4 is 23.4 Å². The molecule has 1 unspecified atom stereocenters. The molecule has 4 aromatic rings. The Morgan fingerprint density at radius 3 is 2.35 bits per heavy atom. The van der Waals surface area contributed by atoms with Gasteiger partial charge in [0.1, 0.15) is 17.3 Å². The lowest BCUT2D eigenvalue weighted by atomic mass is 9.92. The molecule has 0 saturated carbocycles. The molecule has 2 aromatic heterocycles. The number of anilines is 2. The topological polar surface area (TPSA) is 151 Å². The van der Waals surface area contributed by atoms with Gasteiger partial charge in [-0.15, -0.1) is 0 Å². The van der Waals surface area contributed by atoms with Crippen LogP contribution in [-0.4, -0.2) is 56.2 Å². The van der Waals surface area contributed by atoms with Crippen LogP contribution in [0.3, 0.4) is 0 Å². The summed E-state index contributed by atoms with van der Waals surface area (Å²) in [6.45, 7) is 5.49. The molecule has 1 atom stereocenters. The number of carbonyl (C=O) groups is 2. The molecule has 2 heterocycles. The molecule has 11 heteroatoms. The van der Waals surface area contributed by atoms with Crippen LogP contribution in [0.15, 0.2) is 79.1 Å². The van der Waals surface area contributed by atoms with Crippen molar-refractivity contribution in [1.29, 1.82) is 0 Å². The largest absolute Gasteiger partial charge is 0.457 e. The van der Waals surface area contributed by atoms with Crippen LogP contribution in [0.2, 0.25) is 0 Å². The number of aliphatic hydroxyl groups is 2. The Morgan fingerprint density at radius 2 is 1.68 bits per heavy atom. The number of hydrogen-bond acceptors (Lipinski definition) is 7. The molecule has 11 nitrogen and oxygen atoms in total. The molecular formula is C29H32N6O5. The first-order valence-corrected chi connectivity index (χ1v) is 12.7. The number of urea groups is 1. The highest BCUT2D eigenvalue weighted by atomic mass is 16.5. The van der Waals surface area contributed by atoms with Crippen LogP contribution in [0, 0.1) is 0 Å². The molecule has 0 spiro atoms. The van der Waals surface area contributed by atoms with Gasteiger partial charge in [-0.05, 0) is 54.6 Å². The van der Waals surface area contributed by atoms with E-state index in [1.54, 1.807) is 83.8 Å². The third-order valence-corrected chi connectivity index (χ3v) is 5.78. The molecule has 0 aliphatic rings. The number of nitrogens with zero attached hydrogens (tertiary/aromatic N) is 3. The summed E-state index contributed by atoms with van der Waals surface area (Å²) in [5.41, 5.74) is 1.88. The number of amides is 3. The van der Waals surface area contributed by atoms with E-state index in [9.17, 15) is 14.7 Å². The average Bonchev–Trinajstić information content (AvgIpc) is 3.37. The normalized spacial score (nSPS) is 11.9. The van der Waals surface area contributed by atoms with Gasteiger partial charge in [-0.25, -0.2) is 9.48 Å². The molecule has 40 heavy (non-hydrogen) atoms. The van der Waals surface area contributed by atoms with Crippen molar-refractivity contribution in [3.8, 4) is 17.2 Å². The van der Waals surface area contributed by atoms with Crippen LogP contribution in [-0.2, 0) is 5.41 Å². The van der Waals surface area contributed by atoms with Crippen molar-refractivity contribution in [3.63, 3.8) is 0 Å². The van der Waals surface area contributed by atoms with Gasteiger partial charge in [0.15, 0.2) is 0 Å². The smallest absolute Gasteiger partial charge is 0.324 e. The Morgan fingerprint density at radius 1 is 0.975 bits per heavy atom. The number of nitrogens with one attached hydrogen (secondary N) is 3. The van der Waals surface area contributed by atoms with Gasteiger partial charge in [-0.1, -0.05) is 26.8 Å². The summed E-state index contributed by atoms with van der Waals surface area (Å²) in [5.74, 6) is 1.26. The molecule has 0 radical (unpaired) electrons. The first-order valence-electron chi connectivity index (χ1n) is 12.7. The zero-order valence-electron chi connectivity index (χ0n) is 22.5. The van der Waals surface area contributed by atoms with Gasteiger partial charge >= 0.3 is 6.03 Å². The van der Waals surface area contributed by atoms with Crippen molar-refractivity contribution in [2.24, 2.45) is 0 Å². The Balaban J connectivity index is 1.50. The van der Waals surface area contributed by atoms with Gasteiger partial charge in [0, 0.05) is 41.7 Å². The van der Waals surface area contributed by atoms with E-state index < -0.39 is 24.6 Å². The van der Waals surface area contributed by atoms with Crippen molar-refractivity contribution in [2.45, 2.75) is 32.3 Å². The second-order valence-electron chi connectivity index (χ2n) is 10.1. The van der Waals surface area contributed by atoms with E-state index in [4.69, 9.17) is 14.9 Å². The van der Waals surface area contributed by atoms with Crippen molar-refractivity contribution in [2.75, 3.05) is 23.8 Å². The van der Waals surface area contributed by atoms with E-state index in [0.29, 0.717) is 34.3 Å². The van der Waals surface area contributed by atoms with Gasteiger partial charge in [0.2, 0.25) is 0 Å². The SMILES string of the molecule is CC(C)(C)c1cc(NC(=O)Nc2ccc(Oc3ccncc3)cc2)n(-c2cccc(C(=O)NCC(O)CO)c2)n1. The summed E-state index contributed by atoms with van der Waals surface area (Å²) in [6, 6.07) is 18.5. The zero-order chi connectivity index (χ0) is 28.7. The number of benzene rings is 2. The summed E-state index contributed by atoms with van der Waals surface area (Å²) in [5, 5.41) is 31.4. The molecule has 0 bridgehead atoms. The van der Waals surface area contributed by atoms with Gasteiger partial charge < -0.3 is 25.6 Å². The van der Waals surface area contributed by atoms with Crippen LogP contribution in [0.25, 0.3) is 5.69 Å². The van der Waals surface area contributed by atoms with Crippen molar-refractivity contribution in [1.82, 2.24) is 20.1 Å². The number of pyridine rings is 1. The maximum absolute atomic E-state index is 12.9. The van der Waals surface area contributed by atoms with E-state index in [2.05, 4.69) is 20.9 Å². The van der Waals surface area contributed by atoms with Crippen LogP contribution in [0.4, 0.5) is 16.3 Å². The third-order valence-electron chi connectivity index (χ3n) is 5.78. The second kappa shape index (κ2) is 12.4. The van der Waals surface area contributed by atoms with Gasteiger partial charge in [-0.2, -0.15) is 5.10 Å². The average molecular weight is 545 g/mol. The summed E-state index contributed by atoms with van der Waals surface area (Å²) >= 11 is 0. The fourth-order valence-corrected chi connectivity index (χ4v) is 3.62. The maximum Gasteiger partial charge on any atom is 0.324 e. The molecule has 0 saturated heterocycles. The first-order chi connectivity index (χ1) is 19.1. The number of aliphatic hydroxyl groups excluding tert-OH is 2. The predicted molar refractivity (Wildman–Crippen MR) is 151 cm³/mol. The lowest BCUT2D eigenvalue weighted by Crippen LogP contribution is -2.33. The highest BCUT2D eigenvalue weighted by Crippen LogP contribution is 2.27. The number of rotatable bonds is 9. The van der Waals surface area contributed by atoms with Gasteiger partial charge in [-0.3, -0.25) is 15.1 Å². The van der Waals surface area contributed by atoms with Gasteiger partial charge in [0.05, 0.1) is 24.1 Å². The summed E-state index contributed by atoms with van der Waals surface area (Å²) < 4.78 is 7.32. The Kier molecular flexibility index (Phi) is 8.77. The molecule has 2 aromatic carbocycles. The highest BCUT2D eigenvalue weighted by Gasteiger charge is 2.22. The van der Waals surface area contributed by atoms with E-state index in [1.165, 1.54) is 0 Å². The quantitative estimate of drug-likeness (QED) is 0.213. The molecule has 5 N–H and O–H groups in total. The standard InChI is InChI=1S/C29H32N6O5/c1-29(2,3)25-16-26(35(34-25)21-6-4-5-19(15-21)27(38)31-17-22(37)18-36)33-28(39)32-20-7-9-23(10-8-20)40-24-11-13-30-14-12-24/h4-16,22,36-37H,17-18H2,1-3H3,(H,31,38)(H2,32,33,39). The molecule has 3 amide bonds. The first kappa shape index (κ1) is 28.3. The molecular weight excluding hydrogens is 512 g/mol. The lowest BCUT2D eigenvalue weighted by Gasteiger charge is -2.14. The number of ether oxygens (including phenoxy) is 1. The molecule has 0 aliphatic heterocycles. The Hall–Kier alpha value is -4.74. The Labute approximate surface area is 231 Å². The predicted octanol–water partition coefficient (Wildman–Crippen LogP) is 4.08. The van der Waals surface area contributed by atoms with Crippen molar-refractivity contribution in [3.05, 3.63) is 90.4 Å². The highest BCUT2D eigenvalue weighted by molar-refractivity contribution is 5.99. The summed E-state index contributed by atoms with van der Waals surface area (Å²) in [4.78, 5) is 29.5. The second-order valence-corrected chi connectivity index (χ2v) is 10.1. The van der Waals surface area contributed by atoms with Gasteiger partial charge in [0.25, 0.3) is 5.91 Å². The lowest BCUT2D eigenvalue weighted by molar-refractivity contribution is 0.0802. The number of hydrogen-bond donors (Lipinski definition) is 5. The van der Waals surface area contributed by atoms with Crippen LogP contribution in [0.1, 0.15) is 36.8 Å². The minimum atomic E-state index is -1.05. The van der Waals surface area contributed by atoms with E-state index in [1.807, 2.05) is 20.8 Å². The summed E-state index contributed by atoms with van der Waals surface area (Å²) in [6.07, 6.45) is 2.23. The zero-order valence-corrected chi connectivity index (χ0v) is 22.5. The third kappa shape index (κ3) is 7.43. The van der Waals surface area contributed by atoms with Crippen LogP contribution >= 0.6 is 0 Å². The van der Waals surface area contributed by atoms with Crippen molar-refractivity contribution < 1.29 is 24.5 Å². The minimum Gasteiger partial charge on any atom is -0.457 e. The van der Waals surface area contributed by atoms with Crippen LogP contribution in [0.5, 0.6) is 11.5 Å². The maximum atomic E-state index is 12.9. The van der Waals surface area contributed by atoms with Crippen LogP contribution < -0.4 is 20.7 Å². The molecule has 0 aliphatic carbocycles. The fourth-order valence-electron chi connectivity index (χ4n) is 3.62. The molecule has 208 valence electrons. The number of carbonyl (C=O) groups excluding carboxylic acids is 2. The Bertz CT molecular complexity index is 1450. The molecule has 4 rings (SSSR count). The fraction of sp³-hybridized carbons (Fsp3) is 0.241. The summed E-state index contributed by atoms with van der Waals surface area (Å²) in [7, 11) is 0. The van der Waals surface area contributed by atoms with E-state index >= 15 is 0 Å².